The molecule has 1 N–H and O–H groups in total. The number of ether oxygens (including phenoxy) is 1. The molecular formula is C27H35Cl2N3O5S. The molecule has 2 aromatic rings. The van der Waals surface area contributed by atoms with E-state index in [1.807, 2.05) is 13.0 Å². The Balaban J connectivity index is 1.95. The first-order valence-corrected chi connectivity index (χ1v) is 15.3. The van der Waals surface area contributed by atoms with Crippen LogP contribution in [-0.2, 0) is 26.2 Å². The third-order valence-corrected chi connectivity index (χ3v) is 8.35. The van der Waals surface area contributed by atoms with Gasteiger partial charge in [-0.3, -0.25) is 13.9 Å². The van der Waals surface area contributed by atoms with Gasteiger partial charge in [-0.2, -0.15) is 0 Å². The molecule has 1 saturated carbocycles. The van der Waals surface area contributed by atoms with Crippen LogP contribution in [0.2, 0.25) is 10.0 Å². The first kappa shape index (κ1) is 30.1. The number of nitrogens with one attached hydrogen (secondary N) is 1. The lowest BCUT2D eigenvalue weighted by atomic mass is 9.95. The number of methoxy groups -OCH3 is 1. The van der Waals surface area contributed by atoms with E-state index in [1.54, 1.807) is 25.3 Å². The number of anilines is 1. The summed E-state index contributed by atoms with van der Waals surface area (Å²) < 4.78 is 31.8. The zero-order valence-corrected chi connectivity index (χ0v) is 24.3. The van der Waals surface area contributed by atoms with Gasteiger partial charge in [0.1, 0.15) is 18.3 Å². The molecule has 1 aliphatic rings. The van der Waals surface area contributed by atoms with Gasteiger partial charge in [0, 0.05) is 17.6 Å². The minimum absolute atomic E-state index is 0.0689. The van der Waals surface area contributed by atoms with Gasteiger partial charge in [-0.1, -0.05) is 61.5 Å². The maximum atomic E-state index is 13.8. The number of hydrogen-bond acceptors (Lipinski definition) is 5. The molecule has 3 rings (SSSR count). The summed E-state index contributed by atoms with van der Waals surface area (Å²) in [5.74, 6) is -0.165. The van der Waals surface area contributed by atoms with Gasteiger partial charge in [-0.25, -0.2) is 8.42 Å². The Morgan fingerprint density at radius 1 is 1.11 bits per heavy atom. The first-order valence-electron chi connectivity index (χ1n) is 12.7. The number of carbonyl (C=O) groups excluding carboxylic acids is 2. The molecule has 8 nitrogen and oxygen atoms in total. The quantitative estimate of drug-likeness (QED) is 0.400. The number of benzene rings is 2. The maximum Gasteiger partial charge on any atom is 0.244 e. The van der Waals surface area contributed by atoms with Crippen LogP contribution < -0.4 is 14.4 Å². The van der Waals surface area contributed by atoms with Crippen LogP contribution in [0.15, 0.2) is 42.5 Å². The van der Waals surface area contributed by atoms with Crippen molar-refractivity contribution in [1.82, 2.24) is 10.2 Å². The Hall–Kier alpha value is -2.49. The Morgan fingerprint density at radius 3 is 2.42 bits per heavy atom. The first-order chi connectivity index (χ1) is 18.0. The second-order valence-electron chi connectivity index (χ2n) is 9.51. The topological polar surface area (TPSA) is 96.0 Å². The summed E-state index contributed by atoms with van der Waals surface area (Å²) in [6.07, 6.45) is 6.43. The van der Waals surface area contributed by atoms with Crippen molar-refractivity contribution in [1.29, 1.82) is 0 Å². The van der Waals surface area contributed by atoms with Crippen molar-refractivity contribution in [2.24, 2.45) is 0 Å². The molecule has 0 spiro atoms. The van der Waals surface area contributed by atoms with E-state index in [4.69, 9.17) is 27.9 Å². The van der Waals surface area contributed by atoms with E-state index in [1.165, 1.54) is 23.1 Å². The lowest BCUT2D eigenvalue weighted by Gasteiger charge is -2.34. The molecule has 0 bridgehead atoms. The smallest absolute Gasteiger partial charge is 0.244 e. The van der Waals surface area contributed by atoms with Gasteiger partial charge in [0.15, 0.2) is 0 Å². The molecule has 2 amide bonds. The standard InChI is InChI=1S/C27H35Cl2N3O5S/c1-4-24(27(34)30-21-10-6-5-7-11-21)31(17-19-9-8-12-22(15-19)37-2)26(33)18-32(38(3,35)36)25-14-13-20(28)16-23(25)29/h8-9,12-16,21,24H,4-7,10-11,17-18H2,1-3H3,(H,30,34). The lowest BCUT2D eigenvalue weighted by molar-refractivity contribution is -0.140. The summed E-state index contributed by atoms with van der Waals surface area (Å²) in [6, 6.07) is 10.9. The Bertz CT molecular complexity index is 1230. The minimum atomic E-state index is -3.90. The number of amides is 2. The molecule has 2 aromatic carbocycles. The van der Waals surface area contributed by atoms with Crippen LogP contribution in [0.4, 0.5) is 5.69 Å². The molecule has 208 valence electrons. The summed E-state index contributed by atoms with van der Waals surface area (Å²) in [7, 11) is -2.35. The van der Waals surface area contributed by atoms with Gasteiger partial charge in [0.25, 0.3) is 0 Å². The van der Waals surface area contributed by atoms with Crippen LogP contribution >= 0.6 is 23.2 Å². The number of halogens is 2. The number of rotatable bonds is 11. The van der Waals surface area contributed by atoms with E-state index in [0.29, 0.717) is 17.2 Å². The predicted octanol–water partition coefficient (Wildman–Crippen LogP) is 5.02. The zero-order valence-electron chi connectivity index (χ0n) is 22.0. The number of sulfonamides is 1. The largest absolute Gasteiger partial charge is 0.497 e. The SMILES string of the molecule is CCC(C(=O)NC1CCCCC1)N(Cc1cccc(OC)c1)C(=O)CN(c1ccc(Cl)cc1Cl)S(C)(=O)=O. The fraction of sp³-hybridized carbons (Fsp3) is 0.481. The average molecular weight is 585 g/mol. The van der Waals surface area contributed by atoms with E-state index >= 15 is 0 Å². The van der Waals surface area contributed by atoms with Crippen LogP contribution in [0.5, 0.6) is 5.75 Å². The third kappa shape index (κ3) is 8.01. The van der Waals surface area contributed by atoms with Crippen molar-refractivity contribution in [3.8, 4) is 5.75 Å². The van der Waals surface area contributed by atoms with Crippen molar-refractivity contribution in [2.75, 3.05) is 24.2 Å². The number of nitrogens with zero attached hydrogens (tertiary/aromatic N) is 2. The van der Waals surface area contributed by atoms with E-state index in [0.717, 1.165) is 48.2 Å². The van der Waals surface area contributed by atoms with Gasteiger partial charge < -0.3 is 15.0 Å². The van der Waals surface area contributed by atoms with Crippen molar-refractivity contribution >= 4 is 50.7 Å². The highest BCUT2D eigenvalue weighted by molar-refractivity contribution is 7.92. The van der Waals surface area contributed by atoms with Crippen LogP contribution in [-0.4, -0.2) is 57.1 Å². The molecule has 1 unspecified atom stereocenters. The minimum Gasteiger partial charge on any atom is -0.497 e. The van der Waals surface area contributed by atoms with Crippen molar-refractivity contribution < 1.29 is 22.7 Å². The van der Waals surface area contributed by atoms with Crippen molar-refractivity contribution in [3.63, 3.8) is 0 Å². The van der Waals surface area contributed by atoms with E-state index in [-0.39, 0.29) is 29.2 Å². The molecule has 38 heavy (non-hydrogen) atoms. The number of carbonyl (C=O) groups is 2. The van der Waals surface area contributed by atoms with Crippen LogP contribution in [0, 0.1) is 0 Å². The molecule has 0 aliphatic heterocycles. The van der Waals surface area contributed by atoms with Crippen LogP contribution in [0.3, 0.4) is 0 Å². The molecule has 11 heteroatoms. The van der Waals surface area contributed by atoms with Gasteiger partial charge in [-0.05, 0) is 55.2 Å². The molecule has 0 radical (unpaired) electrons. The van der Waals surface area contributed by atoms with E-state index in [2.05, 4.69) is 5.32 Å². The fourth-order valence-corrected chi connectivity index (χ4v) is 6.13. The Morgan fingerprint density at radius 2 is 1.82 bits per heavy atom. The second-order valence-corrected chi connectivity index (χ2v) is 12.3. The molecule has 0 aromatic heterocycles. The van der Waals surface area contributed by atoms with Crippen molar-refractivity contribution in [2.45, 2.75) is 64.1 Å². The Kier molecular flexibility index (Phi) is 10.7. The van der Waals surface area contributed by atoms with Gasteiger partial charge in [-0.15, -0.1) is 0 Å². The van der Waals surface area contributed by atoms with Gasteiger partial charge in [0.05, 0.1) is 24.1 Å². The lowest BCUT2D eigenvalue weighted by Crippen LogP contribution is -2.54. The summed E-state index contributed by atoms with van der Waals surface area (Å²) >= 11 is 12.3. The van der Waals surface area contributed by atoms with E-state index in [9.17, 15) is 18.0 Å². The molecule has 0 saturated heterocycles. The van der Waals surface area contributed by atoms with Crippen molar-refractivity contribution in [3.05, 3.63) is 58.1 Å². The van der Waals surface area contributed by atoms with Crippen LogP contribution in [0.25, 0.3) is 0 Å². The summed E-state index contributed by atoms with van der Waals surface area (Å²) in [4.78, 5) is 28.7. The zero-order chi connectivity index (χ0) is 27.9. The monoisotopic (exact) mass is 583 g/mol. The summed E-state index contributed by atoms with van der Waals surface area (Å²) in [5, 5.41) is 3.55. The molecule has 1 aliphatic carbocycles. The van der Waals surface area contributed by atoms with Gasteiger partial charge >= 0.3 is 0 Å². The highest BCUT2D eigenvalue weighted by atomic mass is 35.5. The molecule has 1 atom stereocenters. The average Bonchev–Trinajstić information content (AvgIpc) is 2.87. The molecular weight excluding hydrogens is 549 g/mol. The maximum absolute atomic E-state index is 13.8. The molecule has 0 heterocycles. The summed E-state index contributed by atoms with van der Waals surface area (Å²) in [5.41, 5.74) is 0.880. The predicted molar refractivity (Wildman–Crippen MR) is 151 cm³/mol. The fourth-order valence-electron chi connectivity index (χ4n) is 4.71. The normalized spacial score (nSPS) is 15.0. The highest BCUT2D eigenvalue weighted by Crippen LogP contribution is 2.31. The third-order valence-electron chi connectivity index (χ3n) is 6.68. The Labute approximate surface area is 235 Å². The summed E-state index contributed by atoms with van der Waals surface area (Å²) in [6.45, 7) is 1.40. The van der Waals surface area contributed by atoms with Gasteiger partial charge in [0.2, 0.25) is 21.8 Å². The number of hydrogen-bond donors (Lipinski definition) is 1. The second kappa shape index (κ2) is 13.5. The van der Waals surface area contributed by atoms with Crippen LogP contribution in [0.1, 0.15) is 51.0 Å². The highest BCUT2D eigenvalue weighted by Gasteiger charge is 2.33. The molecule has 1 fully saturated rings. The van der Waals surface area contributed by atoms with E-state index < -0.39 is 28.5 Å².